The molecule has 0 aliphatic heterocycles. The lowest BCUT2D eigenvalue weighted by atomic mass is 10.3. The summed E-state index contributed by atoms with van der Waals surface area (Å²) >= 11 is 3.14. The van der Waals surface area contributed by atoms with Crippen LogP contribution in [0.2, 0.25) is 0 Å². The van der Waals surface area contributed by atoms with Crippen molar-refractivity contribution in [2.24, 2.45) is 0 Å². The molecule has 1 aromatic heterocycles. The predicted molar refractivity (Wildman–Crippen MR) is 67.0 cm³/mol. The highest BCUT2D eigenvalue weighted by atomic mass is 32.2. The average molecular weight is 244 g/mol. The molecule has 2 nitrogen and oxygen atoms in total. The van der Waals surface area contributed by atoms with Crippen LogP contribution in [0.5, 0.6) is 0 Å². The minimum atomic E-state index is -0.797. The Hall–Kier alpha value is -0.480. The molecule has 0 aliphatic rings. The first-order chi connectivity index (χ1) is 7.25. The first kappa shape index (κ1) is 12.6. The van der Waals surface area contributed by atoms with Crippen LogP contribution in [0.4, 0.5) is 0 Å². The number of unbranched alkanes of at least 4 members (excludes halogenated alkanes) is 2. The highest BCUT2D eigenvalue weighted by Gasteiger charge is 2.10. The molecule has 0 fully saturated rings. The number of thioether (sulfide) groups is 1. The van der Waals surface area contributed by atoms with E-state index in [1.807, 2.05) is 23.2 Å². The van der Waals surface area contributed by atoms with E-state index in [2.05, 4.69) is 6.92 Å². The van der Waals surface area contributed by atoms with Crippen LogP contribution in [-0.2, 0) is 5.75 Å². The standard InChI is InChI=1S/C11H16O2S2/c1-2-3-4-6-14-8-9-5-7-15-10(9)11(12)13/h5,7H,2-4,6,8H2,1H3,(H,12,13). The molecule has 0 spiro atoms. The molecule has 1 aromatic rings. The summed E-state index contributed by atoms with van der Waals surface area (Å²) in [5.74, 6) is 1.16. The summed E-state index contributed by atoms with van der Waals surface area (Å²) in [6, 6.07) is 1.92. The molecule has 0 aromatic carbocycles. The normalized spacial score (nSPS) is 10.5. The van der Waals surface area contributed by atoms with Gasteiger partial charge in [0.2, 0.25) is 0 Å². The van der Waals surface area contributed by atoms with Crippen molar-refractivity contribution >= 4 is 29.1 Å². The fraction of sp³-hybridized carbons (Fsp3) is 0.545. The lowest BCUT2D eigenvalue weighted by Gasteiger charge is -2.00. The zero-order chi connectivity index (χ0) is 11.1. The minimum Gasteiger partial charge on any atom is -0.477 e. The maximum Gasteiger partial charge on any atom is 0.346 e. The molecule has 0 bridgehead atoms. The minimum absolute atomic E-state index is 0.498. The zero-order valence-corrected chi connectivity index (χ0v) is 10.5. The van der Waals surface area contributed by atoms with E-state index in [-0.39, 0.29) is 0 Å². The van der Waals surface area contributed by atoms with Crippen LogP contribution < -0.4 is 0 Å². The van der Waals surface area contributed by atoms with Gasteiger partial charge in [0.05, 0.1) is 0 Å². The van der Waals surface area contributed by atoms with Crippen molar-refractivity contribution < 1.29 is 9.90 Å². The first-order valence-electron chi connectivity index (χ1n) is 5.13. The summed E-state index contributed by atoms with van der Waals surface area (Å²) < 4.78 is 0. The Labute approximate surface area is 98.7 Å². The maximum atomic E-state index is 10.8. The molecule has 0 unspecified atom stereocenters. The van der Waals surface area contributed by atoms with Gasteiger partial charge in [-0.05, 0) is 29.2 Å². The van der Waals surface area contributed by atoms with Crippen LogP contribution in [0.15, 0.2) is 11.4 Å². The molecule has 0 aliphatic carbocycles. The quantitative estimate of drug-likeness (QED) is 0.740. The molecule has 15 heavy (non-hydrogen) atoms. The molecular formula is C11H16O2S2. The van der Waals surface area contributed by atoms with E-state index in [0.29, 0.717) is 4.88 Å². The van der Waals surface area contributed by atoms with Crippen molar-refractivity contribution in [2.45, 2.75) is 31.9 Å². The Balaban J connectivity index is 2.31. The second kappa shape index (κ2) is 6.90. The lowest BCUT2D eigenvalue weighted by molar-refractivity contribution is 0.0701. The van der Waals surface area contributed by atoms with E-state index in [1.165, 1.54) is 30.6 Å². The Morgan fingerprint density at radius 2 is 2.33 bits per heavy atom. The monoisotopic (exact) mass is 244 g/mol. The second-order valence-electron chi connectivity index (χ2n) is 3.34. The van der Waals surface area contributed by atoms with Gasteiger partial charge in [-0.15, -0.1) is 11.3 Å². The maximum absolute atomic E-state index is 10.8. The van der Waals surface area contributed by atoms with Gasteiger partial charge in [-0.3, -0.25) is 0 Å². The Kier molecular flexibility index (Phi) is 5.79. The van der Waals surface area contributed by atoms with E-state index in [0.717, 1.165) is 17.1 Å². The molecule has 0 atom stereocenters. The molecule has 0 saturated carbocycles. The lowest BCUT2D eigenvalue weighted by Crippen LogP contribution is -1.96. The molecule has 0 amide bonds. The van der Waals surface area contributed by atoms with Gasteiger partial charge < -0.3 is 5.11 Å². The summed E-state index contributed by atoms with van der Waals surface area (Å²) in [4.78, 5) is 11.3. The number of carboxylic acids is 1. The largest absolute Gasteiger partial charge is 0.477 e. The van der Waals surface area contributed by atoms with Crippen LogP contribution in [0.25, 0.3) is 0 Å². The summed E-state index contributed by atoms with van der Waals surface area (Å²) in [6.07, 6.45) is 3.73. The van der Waals surface area contributed by atoms with Crippen molar-refractivity contribution in [1.82, 2.24) is 0 Å². The highest BCUT2D eigenvalue weighted by molar-refractivity contribution is 7.98. The number of rotatable bonds is 7. The fourth-order valence-electron chi connectivity index (χ4n) is 1.27. The fourth-order valence-corrected chi connectivity index (χ4v) is 3.14. The predicted octanol–water partition coefficient (Wildman–Crippen LogP) is 3.87. The van der Waals surface area contributed by atoms with Crippen molar-refractivity contribution in [3.63, 3.8) is 0 Å². The molecule has 0 saturated heterocycles. The smallest absolute Gasteiger partial charge is 0.346 e. The summed E-state index contributed by atoms with van der Waals surface area (Å²) in [7, 11) is 0. The Morgan fingerprint density at radius 3 is 3.00 bits per heavy atom. The van der Waals surface area contributed by atoms with Gasteiger partial charge in [0.25, 0.3) is 0 Å². The van der Waals surface area contributed by atoms with E-state index in [1.54, 1.807) is 0 Å². The summed E-state index contributed by atoms with van der Waals surface area (Å²) in [6.45, 7) is 2.19. The van der Waals surface area contributed by atoms with Crippen LogP contribution in [0, 0.1) is 0 Å². The van der Waals surface area contributed by atoms with E-state index in [4.69, 9.17) is 5.11 Å². The number of carboxylic acid groups (broad SMARTS) is 1. The second-order valence-corrected chi connectivity index (χ2v) is 5.36. The van der Waals surface area contributed by atoms with Crippen LogP contribution >= 0.6 is 23.1 Å². The van der Waals surface area contributed by atoms with E-state index < -0.39 is 5.97 Å². The van der Waals surface area contributed by atoms with Crippen LogP contribution in [0.1, 0.15) is 41.4 Å². The van der Waals surface area contributed by atoms with Crippen molar-refractivity contribution in [2.75, 3.05) is 5.75 Å². The molecule has 4 heteroatoms. The molecular weight excluding hydrogens is 228 g/mol. The molecule has 1 N–H and O–H groups in total. The molecule has 1 rings (SSSR count). The third-order valence-corrected chi connectivity index (χ3v) is 4.13. The van der Waals surface area contributed by atoms with E-state index in [9.17, 15) is 4.79 Å². The highest BCUT2D eigenvalue weighted by Crippen LogP contribution is 2.22. The number of aromatic carboxylic acids is 1. The van der Waals surface area contributed by atoms with Crippen molar-refractivity contribution in [1.29, 1.82) is 0 Å². The van der Waals surface area contributed by atoms with E-state index >= 15 is 0 Å². The number of carbonyl (C=O) groups is 1. The van der Waals surface area contributed by atoms with Gasteiger partial charge in [-0.25, -0.2) is 4.79 Å². The number of thiophene rings is 1. The third-order valence-electron chi connectivity index (χ3n) is 2.09. The van der Waals surface area contributed by atoms with Gasteiger partial charge in [-0.2, -0.15) is 11.8 Å². The Morgan fingerprint density at radius 1 is 1.53 bits per heavy atom. The number of hydrogen-bond acceptors (Lipinski definition) is 3. The third kappa shape index (κ3) is 4.26. The first-order valence-corrected chi connectivity index (χ1v) is 7.16. The summed E-state index contributed by atoms with van der Waals surface area (Å²) in [5, 5.41) is 10.7. The van der Waals surface area contributed by atoms with Crippen LogP contribution in [-0.4, -0.2) is 16.8 Å². The van der Waals surface area contributed by atoms with Crippen molar-refractivity contribution in [3.8, 4) is 0 Å². The summed E-state index contributed by atoms with van der Waals surface area (Å²) in [5.41, 5.74) is 0.967. The SMILES string of the molecule is CCCCCSCc1ccsc1C(=O)O. The molecule has 0 radical (unpaired) electrons. The van der Waals surface area contributed by atoms with Gasteiger partial charge >= 0.3 is 5.97 Å². The van der Waals surface area contributed by atoms with Gasteiger partial charge in [0.1, 0.15) is 4.88 Å². The number of hydrogen-bond donors (Lipinski definition) is 1. The van der Waals surface area contributed by atoms with Crippen molar-refractivity contribution in [3.05, 3.63) is 21.9 Å². The average Bonchev–Trinajstić information content (AvgIpc) is 2.66. The van der Waals surface area contributed by atoms with Crippen LogP contribution in [0.3, 0.4) is 0 Å². The van der Waals surface area contributed by atoms with Gasteiger partial charge in [0.15, 0.2) is 0 Å². The molecule has 1 heterocycles. The Bertz CT molecular complexity index is 307. The topological polar surface area (TPSA) is 37.3 Å². The molecule has 84 valence electrons. The van der Waals surface area contributed by atoms with Gasteiger partial charge in [-0.1, -0.05) is 19.8 Å². The van der Waals surface area contributed by atoms with Gasteiger partial charge in [0, 0.05) is 5.75 Å². The zero-order valence-electron chi connectivity index (χ0n) is 8.86.